The molecule has 0 aliphatic rings. The van der Waals surface area contributed by atoms with Crippen LogP contribution in [0.3, 0.4) is 0 Å². The van der Waals surface area contributed by atoms with E-state index in [1.54, 1.807) is 19.1 Å². The molecule has 0 spiro atoms. The zero-order valence-electron chi connectivity index (χ0n) is 13.9. The van der Waals surface area contributed by atoms with Gasteiger partial charge in [-0.25, -0.2) is 14.6 Å². The van der Waals surface area contributed by atoms with Crippen molar-refractivity contribution >= 4 is 29.1 Å². The number of benzene rings is 2. The topological polar surface area (TPSA) is 100 Å². The highest BCUT2D eigenvalue weighted by Gasteiger charge is 2.15. The summed E-state index contributed by atoms with van der Waals surface area (Å²) < 4.78 is 4.96. The van der Waals surface area contributed by atoms with Gasteiger partial charge in [0.05, 0.1) is 23.5 Å². The number of para-hydroxylation sites is 1. The van der Waals surface area contributed by atoms with Gasteiger partial charge in [0.25, 0.3) is 0 Å². The van der Waals surface area contributed by atoms with Gasteiger partial charge in [0.15, 0.2) is 0 Å². The number of hydrazine groups is 1. The normalized spacial score (nSPS) is 10.9. The predicted octanol–water partition coefficient (Wildman–Crippen LogP) is 2.90. The van der Waals surface area contributed by atoms with Crippen LogP contribution in [0.25, 0.3) is 0 Å². The van der Waals surface area contributed by atoms with Gasteiger partial charge in [0.2, 0.25) is 5.84 Å². The van der Waals surface area contributed by atoms with Crippen LogP contribution < -0.4 is 10.9 Å². The SMILES string of the molecule is CCOC(=O)C(=Nc1ccccc1C(=O)O)NNc1ccc(C)cc1. The lowest BCUT2D eigenvalue weighted by atomic mass is 10.2. The summed E-state index contributed by atoms with van der Waals surface area (Å²) in [7, 11) is 0. The number of amidine groups is 1. The van der Waals surface area contributed by atoms with E-state index in [2.05, 4.69) is 15.8 Å². The first-order chi connectivity index (χ1) is 12.0. The first-order valence-corrected chi connectivity index (χ1v) is 7.68. The Bertz CT molecular complexity index is 785. The van der Waals surface area contributed by atoms with E-state index in [9.17, 15) is 14.7 Å². The number of carbonyl (C=O) groups is 2. The number of anilines is 1. The average Bonchev–Trinajstić information content (AvgIpc) is 2.60. The highest BCUT2D eigenvalue weighted by molar-refractivity contribution is 6.36. The van der Waals surface area contributed by atoms with Gasteiger partial charge in [-0.15, -0.1) is 0 Å². The van der Waals surface area contributed by atoms with Crippen molar-refractivity contribution in [2.75, 3.05) is 12.0 Å². The quantitative estimate of drug-likeness (QED) is 0.335. The maximum Gasteiger partial charge on any atom is 0.375 e. The third-order valence-electron chi connectivity index (χ3n) is 3.21. The number of aliphatic imine (C=N–C) groups is 1. The number of esters is 1. The minimum Gasteiger partial charge on any atom is -0.478 e. The number of carbonyl (C=O) groups excluding carboxylic acids is 1. The van der Waals surface area contributed by atoms with Gasteiger partial charge in [0, 0.05) is 0 Å². The molecule has 0 saturated carbocycles. The molecule has 0 heterocycles. The molecule has 0 aliphatic carbocycles. The number of rotatable bonds is 5. The Kier molecular flexibility index (Phi) is 6.11. The predicted molar refractivity (Wildman–Crippen MR) is 95.1 cm³/mol. The van der Waals surface area contributed by atoms with Gasteiger partial charge in [0.1, 0.15) is 0 Å². The molecule has 2 rings (SSSR count). The van der Waals surface area contributed by atoms with E-state index in [0.29, 0.717) is 5.69 Å². The smallest absolute Gasteiger partial charge is 0.375 e. The minimum atomic E-state index is -1.13. The van der Waals surface area contributed by atoms with Crippen LogP contribution in [0, 0.1) is 6.92 Å². The molecule has 0 amide bonds. The minimum absolute atomic E-state index is 0.0126. The molecule has 0 fully saturated rings. The van der Waals surface area contributed by atoms with Crippen molar-refractivity contribution in [2.45, 2.75) is 13.8 Å². The molecule has 0 saturated heterocycles. The van der Waals surface area contributed by atoms with Gasteiger partial charge in [-0.2, -0.15) is 0 Å². The zero-order valence-corrected chi connectivity index (χ0v) is 13.9. The Balaban J connectivity index is 2.28. The number of hydrogen-bond donors (Lipinski definition) is 3. The van der Waals surface area contributed by atoms with E-state index >= 15 is 0 Å². The fourth-order valence-corrected chi connectivity index (χ4v) is 1.96. The number of nitrogens with zero attached hydrogens (tertiary/aromatic N) is 1. The molecular weight excluding hydrogens is 322 g/mol. The second-order valence-corrected chi connectivity index (χ2v) is 5.12. The molecular formula is C18H19N3O4. The highest BCUT2D eigenvalue weighted by Crippen LogP contribution is 2.19. The summed E-state index contributed by atoms with van der Waals surface area (Å²) >= 11 is 0. The molecule has 130 valence electrons. The molecule has 7 nitrogen and oxygen atoms in total. The monoisotopic (exact) mass is 341 g/mol. The summed E-state index contributed by atoms with van der Waals surface area (Å²) in [6.45, 7) is 3.81. The van der Waals surface area contributed by atoms with Crippen LogP contribution in [0.2, 0.25) is 0 Å². The maximum atomic E-state index is 12.1. The van der Waals surface area contributed by atoms with Crippen LogP contribution in [-0.4, -0.2) is 29.5 Å². The van der Waals surface area contributed by atoms with E-state index in [1.165, 1.54) is 12.1 Å². The van der Waals surface area contributed by atoms with Crippen molar-refractivity contribution in [1.29, 1.82) is 0 Å². The Morgan fingerprint density at radius 3 is 2.44 bits per heavy atom. The second-order valence-electron chi connectivity index (χ2n) is 5.12. The van der Waals surface area contributed by atoms with Crippen LogP contribution in [0.15, 0.2) is 53.5 Å². The van der Waals surface area contributed by atoms with Gasteiger partial charge < -0.3 is 9.84 Å². The summed E-state index contributed by atoms with van der Waals surface area (Å²) in [6.07, 6.45) is 0. The molecule has 0 radical (unpaired) electrons. The van der Waals surface area contributed by atoms with E-state index in [0.717, 1.165) is 5.56 Å². The molecule has 0 aromatic heterocycles. The van der Waals surface area contributed by atoms with E-state index in [1.807, 2.05) is 31.2 Å². The molecule has 2 aromatic carbocycles. The van der Waals surface area contributed by atoms with Gasteiger partial charge >= 0.3 is 11.9 Å². The van der Waals surface area contributed by atoms with Crippen LogP contribution in [-0.2, 0) is 9.53 Å². The molecule has 0 bridgehead atoms. The molecule has 25 heavy (non-hydrogen) atoms. The summed E-state index contributed by atoms with van der Waals surface area (Å²) in [5.74, 6) is -1.97. The van der Waals surface area contributed by atoms with Crippen molar-refractivity contribution in [1.82, 2.24) is 5.43 Å². The number of hydrogen-bond acceptors (Lipinski definition) is 5. The number of aryl methyl sites for hydroxylation is 1. The second kappa shape index (κ2) is 8.49. The lowest BCUT2D eigenvalue weighted by Crippen LogP contribution is -2.36. The summed E-state index contributed by atoms with van der Waals surface area (Å²) in [6, 6.07) is 13.6. The van der Waals surface area contributed by atoms with Crippen LogP contribution >= 0.6 is 0 Å². The lowest BCUT2D eigenvalue weighted by Gasteiger charge is -2.12. The Morgan fingerprint density at radius 1 is 1.12 bits per heavy atom. The highest BCUT2D eigenvalue weighted by atomic mass is 16.5. The Labute approximate surface area is 145 Å². The van der Waals surface area contributed by atoms with E-state index < -0.39 is 11.9 Å². The molecule has 0 unspecified atom stereocenters. The first-order valence-electron chi connectivity index (χ1n) is 7.68. The number of carboxylic acid groups (broad SMARTS) is 1. The van der Waals surface area contributed by atoms with Crippen molar-refractivity contribution < 1.29 is 19.4 Å². The van der Waals surface area contributed by atoms with Gasteiger partial charge in [-0.1, -0.05) is 29.8 Å². The van der Waals surface area contributed by atoms with E-state index in [4.69, 9.17) is 4.74 Å². The maximum absolute atomic E-state index is 12.1. The van der Waals surface area contributed by atoms with Crippen molar-refractivity contribution in [3.8, 4) is 0 Å². The average molecular weight is 341 g/mol. The third-order valence-corrected chi connectivity index (χ3v) is 3.21. The molecule has 2 aromatic rings. The Morgan fingerprint density at radius 2 is 1.80 bits per heavy atom. The van der Waals surface area contributed by atoms with Crippen molar-refractivity contribution in [3.05, 3.63) is 59.7 Å². The standard InChI is InChI=1S/C18H19N3O4/c1-3-25-18(24)16(21-20-13-10-8-12(2)9-11-13)19-15-7-5-4-6-14(15)17(22)23/h4-11,20H,3H2,1-2H3,(H,19,21)(H,22,23). The number of aromatic carboxylic acids is 1. The first kappa shape index (κ1) is 18.0. The van der Waals surface area contributed by atoms with E-state index in [-0.39, 0.29) is 23.7 Å². The van der Waals surface area contributed by atoms with Crippen molar-refractivity contribution in [2.24, 2.45) is 4.99 Å². The largest absolute Gasteiger partial charge is 0.478 e. The third kappa shape index (κ3) is 5.07. The van der Waals surface area contributed by atoms with Crippen LogP contribution in [0.1, 0.15) is 22.8 Å². The molecule has 0 atom stereocenters. The number of ether oxygens (including phenoxy) is 1. The Hall–Kier alpha value is -3.35. The zero-order chi connectivity index (χ0) is 18.2. The fourth-order valence-electron chi connectivity index (χ4n) is 1.96. The van der Waals surface area contributed by atoms with Crippen molar-refractivity contribution in [3.63, 3.8) is 0 Å². The van der Waals surface area contributed by atoms with Gasteiger partial charge in [-0.3, -0.25) is 10.9 Å². The number of carboxylic acids is 1. The van der Waals surface area contributed by atoms with Crippen LogP contribution in [0.4, 0.5) is 11.4 Å². The summed E-state index contributed by atoms with van der Waals surface area (Å²) in [5.41, 5.74) is 7.49. The molecule has 7 heteroatoms. The molecule has 0 aliphatic heterocycles. The van der Waals surface area contributed by atoms with Crippen LogP contribution in [0.5, 0.6) is 0 Å². The van der Waals surface area contributed by atoms with Gasteiger partial charge in [-0.05, 0) is 38.1 Å². The lowest BCUT2D eigenvalue weighted by molar-refractivity contribution is -0.135. The number of nitrogens with one attached hydrogen (secondary N) is 2. The summed E-state index contributed by atoms with van der Waals surface area (Å²) in [5, 5.41) is 9.23. The summed E-state index contributed by atoms with van der Waals surface area (Å²) in [4.78, 5) is 27.5. The molecule has 3 N–H and O–H groups in total. The fraction of sp³-hybridized carbons (Fsp3) is 0.167.